The summed E-state index contributed by atoms with van der Waals surface area (Å²) in [6.45, 7) is 3.31. The first kappa shape index (κ1) is 25.8. The van der Waals surface area contributed by atoms with Crippen molar-refractivity contribution in [2.45, 2.75) is 18.7 Å². The zero-order valence-corrected chi connectivity index (χ0v) is 21.2. The Labute approximate surface area is 217 Å². The Bertz CT molecular complexity index is 1520. The number of aromatic nitrogens is 4. The van der Waals surface area contributed by atoms with E-state index in [1.54, 1.807) is 24.3 Å². The minimum absolute atomic E-state index is 0.00407. The minimum Gasteiger partial charge on any atom is -0.452 e. The van der Waals surface area contributed by atoms with E-state index in [4.69, 9.17) is 16.3 Å². The van der Waals surface area contributed by atoms with Gasteiger partial charge in [0.15, 0.2) is 17.6 Å². The van der Waals surface area contributed by atoms with Crippen LogP contribution < -0.4 is 10.0 Å². The fraction of sp³-hybridized carbons (Fsp3) is 0.125. The fourth-order valence-corrected chi connectivity index (χ4v) is 4.24. The van der Waals surface area contributed by atoms with Crippen molar-refractivity contribution < 1.29 is 22.7 Å². The van der Waals surface area contributed by atoms with Crippen molar-refractivity contribution >= 4 is 45.0 Å². The lowest BCUT2D eigenvalue weighted by Crippen LogP contribution is -2.21. The predicted molar refractivity (Wildman–Crippen MR) is 137 cm³/mol. The summed E-state index contributed by atoms with van der Waals surface area (Å²) in [5.74, 6) is -0.546. The first-order valence-corrected chi connectivity index (χ1v) is 12.7. The van der Waals surface area contributed by atoms with Gasteiger partial charge < -0.3 is 15.0 Å². The van der Waals surface area contributed by atoms with E-state index in [1.165, 1.54) is 36.4 Å². The molecule has 0 aliphatic carbocycles. The van der Waals surface area contributed by atoms with Crippen LogP contribution in [-0.4, -0.2) is 47.1 Å². The highest BCUT2D eigenvalue weighted by atomic mass is 35.5. The number of carbonyl (C=O) groups is 2. The summed E-state index contributed by atoms with van der Waals surface area (Å²) < 4.78 is 32.3. The van der Waals surface area contributed by atoms with Crippen LogP contribution in [0.4, 0.5) is 11.5 Å². The average molecular weight is 541 g/mol. The number of esters is 1. The quantitative estimate of drug-likeness (QED) is 0.285. The molecular formula is C24H21ClN6O5S. The van der Waals surface area contributed by atoms with Gasteiger partial charge in [-0.25, -0.2) is 18.2 Å². The van der Waals surface area contributed by atoms with E-state index in [0.29, 0.717) is 11.5 Å². The van der Waals surface area contributed by atoms with Gasteiger partial charge in [0.25, 0.3) is 15.9 Å². The summed E-state index contributed by atoms with van der Waals surface area (Å²) in [5.41, 5.74) is 3.27. The molecule has 0 bridgehead atoms. The topological polar surface area (TPSA) is 156 Å². The van der Waals surface area contributed by atoms with Gasteiger partial charge in [-0.15, -0.1) is 10.2 Å². The van der Waals surface area contributed by atoms with E-state index < -0.39 is 28.5 Å². The molecule has 2 aromatic heterocycles. The molecule has 0 saturated heterocycles. The Morgan fingerprint density at radius 1 is 0.973 bits per heavy atom. The van der Waals surface area contributed by atoms with Gasteiger partial charge in [-0.2, -0.15) is 0 Å². The molecule has 1 amide bonds. The SMILES string of the molecule is Cc1nc(-c2ccc(C(=O)OCC(=O)Nc3ccc(S(=O)(=O)Nc4ccc(Cl)nn4)cc3)cc2)[nH]c1C. The van der Waals surface area contributed by atoms with E-state index in [2.05, 4.69) is 30.2 Å². The normalized spacial score (nSPS) is 11.1. The Hall–Kier alpha value is -4.29. The Morgan fingerprint density at radius 3 is 2.27 bits per heavy atom. The van der Waals surface area contributed by atoms with Crippen molar-refractivity contribution in [3.63, 3.8) is 0 Å². The number of nitrogens with zero attached hydrogens (tertiary/aromatic N) is 3. The lowest BCUT2D eigenvalue weighted by atomic mass is 10.1. The van der Waals surface area contributed by atoms with Crippen molar-refractivity contribution in [1.82, 2.24) is 20.2 Å². The lowest BCUT2D eigenvalue weighted by Gasteiger charge is -2.09. The molecular weight excluding hydrogens is 520 g/mol. The molecule has 0 saturated carbocycles. The summed E-state index contributed by atoms with van der Waals surface area (Å²) in [5, 5.41) is 9.89. The number of aryl methyl sites for hydroxylation is 2. The molecule has 13 heteroatoms. The van der Waals surface area contributed by atoms with Crippen molar-refractivity contribution in [2.75, 3.05) is 16.6 Å². The Balaban J connectivity index is 1.30. The standard InChI is InChI=1S/C24H21ClN6O5S/c1-14-15(2)27-23(26-14)16-3-5-17(6-4-16)24(33)36-13-22(32)28-18-7-9-19(10-8-18)37(34,35)31-21-12-11-20(25)29-30-21/h3-12H,13H2,1-2H3,(H,26,27)(H,28,32)(H,30,31). The van der Waals surface area contributed by atoms with Crippen LogP contribution in [0.15, 0.2) is 65.6 Å². The summed E-state index contributed by atoms with van der Waals surface area (Å²) in [6.07, 6.45) is 0. The van der Waals surface area contributed by atoms with Crippen LogP contribution in [0.25, 0.3) is 11.4 Å². The number of amides is 1. The van der Waals surface area contributed by atoms with E-state index in [-0.39, 0.29) is 21.4 Å². The maximum atomic E-state index is 12.5. The molecule has 4 rings (SSSR count). The number of imidazole rings is 1. The first-order valence-electron chi connectivity index (χ1n) is 10.8. The second-order valence-electron chi connectivity index (χ2n) is 7.87. The van der Waals surface area contributed by atoms with Crippen molar-refractivity contribution in [3.8, 4) is 11.4 Å². The third-order valence-electron chi connectivity index (χ3n) is 5.18. The second kappa shape index (κ2) is 10.8. The molecule has 0 aliphatic heterocycles. The molecule has 0 aliphatic rings. The highest BCUT2D eigenvalue weighted by molar-refractivity contribution is 7.92. The predicted octanol–water partition coefficient (Wildman–Crippen LogP) is 3.73. The van der Waals surface area contributed by atoms with Gasteiger partial charge in [0.1, 0.15) is 5.82 Å². The number of rotatable bonds is 8. The zero-order valence-electron chi connectivity index (χ0n) is 19.6. The maximum absolute atomic E-state index is 12.5. The first-order chi connectivity index (χ1) is 17.6. The van der Waals surface area contributed by atoms with Crippen LogP contribution in [0.1, 0.15) is 21.7 Å². The molecule has 11 nitrogen and oxygen atoms in total. The monoisotopic (exact) mass is 540 g/mol. The molecule has 0 radical (unpaired) electrons. The van der Waals surface area contributed by atoms with Crippen molar-refractivity contribution in [2.24, 2.45) is 0 Å². The third-order valence-corrected chi connectivity index (χ3v) is 6.75. The summed E-state index contributed by atoms with van der Waals surface area (Å²) >= 11 is 5.65. The molecule has 0 atom stereocenters. The Morgan fingerprint density at radius 2 is 1.68 bits per heavy atom. The van der Waals surface area contributed by atoms with Crippen LogP contribution >= 0.6 is 11.6 Å². The highest BCUT2D eigenvalue weighted by Crippen LogP contribution is 2.20. The smallest absolute Gasteiger partial charge is 0.338 e. The molecule has 2 aromatic carbocycles. The number of nitrogens with one attached hydrogen (secondary N) is 3. The molecule has 0 spiro atoms. The molecule has 2 heterocycles. The van der Waals surface area contributed by atoms with Crippen LogP contribution in [0, 0.1) is 13.8 Å². The largest absolute Gasteiger partial charge is 0.452 e. The molecule has 3 N–H and O–H groups in total. The number of H-pyrrole nitrogens is 1. The number of benzene rings is 2. The minimum atomic E-state index is -3.93. The Kier molecular flexibility index (Phi) is 7.50. The molecule has 37 heavy (non-hydrogen) atoms. The average Bonchev–Trinajstić information content (AvgIpc) is 3.22. The number of anilines is 2. The van der Waals surface area contributed by atoms with Gasteiger partial charge in [-0.05, 0) is 62.4 Å². The van der Waals surface area contributed by atoms with Gasteiger partial charge in [0.05, 0.1) is 16.2 Å². The van der Waals surface area contributed by atoms with E-state index in [0.717, 1.165) is 17.0 Å². The molecule has 0 fully saturated rings. The number of hydrogen-bond donors (Lipinski definition) is 3. The van der Waals surface area contributed by atoms with Crippen molar-refractivity contribution in [1.29, 1.82) is 0 Å². The number of aromatic amines is 1. The van der Waals surface area contributed by atoms with E-state index in [9.17, 15) is 18.0 Å². The zero-order chi connectivity index (χ0) is 26.6. The number of hydrogen-bond acceptors (Lipinski definition) is 8. The van der Waals surface area contributed by atoms with Gasteiger partial charge in [-0.3, -0.25) is 9.52 Å². The van der Waals surface area contributed by atoms with Crippen molar-refractivity contribution in [3.05, 3.63) is 82.8 Å². The number of halogens is 1. The summed E-state index contributed by atoms with van der Waals surface area (Å²) in [7, 11) is -3.93. The van der Waals surface area contributed by atoms with Gasteiger partial charge in [0, 0.05) is 16.9 Å². The lowest BCUT2D eigenvalue weighted by molar-refractivity contribution is -0.119. The fourth-order valence-electron chi connectivity index (χ4n) is 3.14. The summed E-state index contributed by atoms with van der Waals surface area (Å²) in [6, 6.07) is 14.8. The molecule has 0 unspecified atom stereocenters. The van der Waals surface area contributed by atoms with E-state index >= 15 is 0 Å². The van der Waals surface area contributed by atoms with Gasteiger partial charge in [-0.1, -0.05) is 23.7 Å². The van der Waals surface area contributed by atoms with Crippen LogP contribution in [0.2, 0.25) is 5.15 Å². The van der Waals surface area contributed by atoms with Gasteiger partial charge >= 0.3 is 5.97 Å². The van der Waals surface area contributed by atoms with E-state index in [1.807, 2.05) is 13.8 Å². The van der Waals surface area contributed by atoms with Crippen LogP contribution in [0.5, 0.6) is 0 Å². The van der Waals surface area contributed by atoms with Crippen LogP contribution in [-0.2, 0) is 19.6 Å². The maximum Gasteiger partial charge on any atom is 0.338 e. The summed E-state index contributed by atoms with van der Waals surface area (Å²) in [4.78, 5) is 32.1. The highest BCUT2D eigenvalue weighted by Gasteiger charge is 2.16. The molecule has 190 valence electrons. The second-order valence-corrected chi connectivity index (χ2v) is 9.94. The number of carbonyl (C=O) groups excluding carboxylic acids is 2. The number of ether oxygens (including phenoxy) is 1. The third kappa shape index (κ3) is 6.48. The molecule has 4 aromatic rings. The van der Waals surface area contributed by atoms with Gasteiger partial charge in [0.2, 0.25) is 0 Å². The van der Waals surface area contributed by atoms with Crippen LogP contribution in [0.3, 0.4) is 0 Å². The number of sulfonamides is 1.